The zero-order chi connectivity index (χ0) is 30.2. The molecule has 1 aromatic carbocycles. The van der Waals surface area contributed by atoms with Crippen molar-refractivity contribution in [1.29, 1.82) is 0 Å². The summed E-state index contributed by atoms with van der Waals surface area (Å²) in [6.07, 6.45) is 6.95. The number of halogens is 2. The molecule has 1 N–H and O–H groups in total. The maximum Gasteiger partial charge on any atom is 0.276 e. The van der Waals surface area contributed by atoms with E-state index in [9.17, 15) is 13.2 Å². The number of benzene rings is 1. The number of nitrogens with one attached hydrogen (secondary N) is 1. The van der Waals surface area contributed by atoms with E-state index in [1.54, 1.807) is 16.7 Å². The van der Waals surface area contributed by atoms with Crippen molar-refractivity contribution >= 4 is 26.7 Å². The van der Waals surface area contributed by atoms with Crippen LogP contribution in [-0.2, 0) is 22.3 Å². The number of sulfone groups is 1. The lowest BCUT2D eigenvalue weighted by molar-refractivity contribution is -0.0855. The number of fused-ring (bicyclic) bond motifs is 8. The topological polar surface area (TPSA) is 97.2 Å². The second-order valence-electron chi connectivity index (χ2n) is 12.6. The lowest BCUT2D eigenvalue weighted by Gasteiger charge is -2.36. The maximum absolute atomic E-state index is 15.8. The number of alkyl halides is 2. The second-order valence-corrected chi connectivity index (χ2v) is 14.9. The molecule has 2 fully saturated rings. The molecular weight excluding hydrogens is 572 g/mol. The summed E-state index contributed by atoms with van der Waals surface area (Å²) in [7, 11) is -3.09. The Morgan fingerprint density at radius 2 is 1.65 bits per heavy atom. The van der Waals surface area contributed by atoms with Gasteiger partial charge < -0.3 is 10.2 Å². The summed E-state index contributed by atoms with van der Waals surface area (Å²) in [6, 6.07) is 8.17. The number of rotatable bonds is 1. The zero-order valence-corrected chi connectivity index (χ0v) is 25.6. The molecule has 1 atom stereocenters. The number of aryl methyl sites for hydroxylation is 1. The second kappa shape index (κ2) is 12.2. The highest BCUT2D eigenvalue weighted by atomic mass is 32.2. The van der Waals surface area contributed by atoms with Crippen molar-refractivity contribution in [2.75, 3.05) is 36.5 Å². The molecule has 0 aliphatic carbocycles. The van der Waals surface area contributed by atoms with E-state index in [1.807, 2.05) is 19.1 Å². The molecule has 8 bridgehead atoms. The molecule has 0 unspecified atom stereocenters. The van der Waals surface area contributed by atoms with Crippen LogP contribution in [0.5, 0.6) is 0 Å². The summed E-state index contributed by atoms with van der Waals surface area (Å²) in [5.41, 5.74) is 1.78. The van der Waals surface area contributed by atoms with Gasteiger partial charge in [0.1, 0.15) is 27.6 Å². The van der Waals surface area contributed by atoms with E-state index in [4.69, 9.17) is 0 Å². The third kappa shape index (κ3) is 6.34. The standard InChI is InChI=1S/C32H41F2N5O3S/c1-22-24-7-6-8-26(19-24)32(33,34)25-9-15-38(16-10-25)13-4-2-3-5-14-39-30-28(29(37-22)35-21-36-30)20-27(31(39)40)23-11-17-43(41,42)18-12-23/h6-8,19-23,25H,2-5,9-18H2,1H3,(H,35,36,37)/t22-/m1/s1. The smallest absolute Gasteiger partial charge is 0.276 e. The number of nitrogens with zero attached hydrogens (tertiary/aromatic N) is 4. The van der Waals surface area contributed by atoms with Gasteiger partial charge in [0.15, 0.2) is 0 Å². The molecule has 43 heavy (non-hydrogen) atoms. The highest BCUT2D eigenvalue weighted by molar-refractivity contribution is 7.91. The molecule has 2 saturated heterocycles. The Balaban J connectivity index is 1.40. The van der Waals surface area contributed by atoms with Crippen molar-refractivity contribution in [2.45, 2.75) is 82.7 Å². The molecule has 11 heteroatoms. The van der Waals surface area contributed by atoms with Gasteiger partial charge in [0.2, 0.25) is 0 Å². The Hall–Kier alpha value is -2.92. The molecule has 0 radical (unpaired) electrons. The van der Waals surface area contributed by atoms with Gasteiger partial charge in [-0.2, -0.15) is 0 Å². The molecule has 0 spiro atoms. The van der Waals surface area contributed by atoms with Crippen LogP contribution < -0.4 is 10.9 Å². The summed E-state index contributed by atoms with van der Waals surface area (Å²) in [4.78, 5) is 25.2. The van der Waals surface area contributed by atoms with Crippen LogP contribution in [0.15, 0.2) is 41.5 Å². The van der Waals surface area contributed by atoms with E-state index in [-0.39, 0.29) is 34.6 Å². The van der Waals surface area contributed by atoms with Gasteiger partial charge >= 0.3 is 0 Å². The average Bonchev–Trinajstić information content (AvgIpc) is 3.00. The minimum absolute atomic E-state index is 0.0439. The SMILES string of the molecule is C[C@H]1Nc2ncnc3c2cc(C2CCS(=O)(=O)CC2)c(=O)n3CCCCCCN2CCC(CC2)C(F)(F)c2cccc1c2. The van der Waals surface area contributed by atoms with Crippen molar-refractivity contribution in [3.05, 3.63) is 63.7 Å². The van der Waals surface area contributed by atoms with Crippen LogP contribution in [0.3, 0.4) is 0 Å². The monoisotopic (exact) mass is 613 g/mol. The number of aromatic nitrogens is 3. The minimum atomic E-state index is -3.09. The van der Waals surface area contributed by atoms with E-state index in [0.717, 1.165) is 37.8 Å². The minimum Gasteiger partial charge on any atom is -0.363 e. The van der Waals surface area contributed by atoms with E-state index in [1.165, 1.54) is 12.4 Å². The lowest BCUT2D eigenvalue weighted by atomic mass is 9.85. The first-order chi connectivity index (χ1) is 20.6. The quantitative estimate of drug-likeness (QED) is 0.380. The van der Waals surface area contributed by atoms with Gasteiger partial charge in [0, 0.05) is 29.6 Å². The third-order valence-corrected chi connectivity index (χ3v) is 11.5. The third-order valence-electron chi connectivity index (χ3n) is 9.74. The average molecular weight is 614 g/mol. The van der Waals surface area contributed by atoms with Crippen LogP contribution in [0.4, 0.5) is 14.6 Å². The molecule has 4 aliphatic rings. The summed E-state index contributed by atoms with van der Waals surface area (Å²) in [5.74, 6) is -3.09. The van der Waals surface area contributed by atoms with Gasteiger partial charge in [0.05, 0.1) is 16.9 Å². The molecule has 7 rings (SSSR count). The van der Waals surface area contributed by atoms with Gasteiger partial charge in [-0.1, -0.05) is 31.0 Å². The number of piperidine rings is 1. The summed E-state index contributed by atoms with van der Waals surface area (Å²) in [6.45, 7) is 4.71. The van der Waals surface area contributed by atoms with Crippen molar-refractivity contribution in [1.82, 2.24) is 19.4 Å². The van der Waals surface area contributed by atoms with Gasteiger partial charge in [-0.05, 0) is 88.7 Å². The number of hydrogen-bond donors (Lipinski definition) is 1. The molecule has 6 heterocycles. The fourth-order valence-corrected chi connectivity index (χ4v) is 8.53. The first-order valence-electron chi connectivity index (χ1n) is 15.7. The molecule has 0 amide bonds. The molecule has 0 saturated carbocycles. The Morgan fingerprint density at radius 3 is 2.40 bits per heavy atom. The highest BCUT2D eigenvalue weighted by Crippen LogP contribution is 2.42. The summed E-state index contributed by atoms with van der Waals surface area (Å²) in [5, 5.41) is 4.10. The molecule has 232 valence electrons. The van der Waals surface area contributed by atoms with E-state index in [2.05, 4.69) is 20.2 Å². The van der Waals surface area contributed by atoms with Crippen LogP contribution in [0.25, 0.3) is 11.0 Å². The largest absolute Gasteiger partial charge is 0.363 e. The first kappa shape index (κ1) is 30.1. The van der Waals surface area contributed by atoms with Crippen molar-refractivity contribution < 1.29 is 17.2 Å². The Kier molecular flexibility index (Phi) is 8.56. The van der Waals surface area contributed by atoms with Crippen molar-refractivity contribution in [3.8, 4) is 0 Å². The predicted octanol–water partition coefficient (Wildman–Crippen LogP) is 5.63. The maximum atomic E-state index is 15.8. The normalized spacial score (nSPS) is 26.6. The highest BCUT2D eigenvalue weighted by Gasteiger charge is 2.42. The number of anilines is 1. The molecule has 8 nitrogen and oxygen atoms in total. The Bertz CT molecular complexity index is 1620. The van der Waals surface area contributed by atoms with E-state index in [0.29, 0.717) is 67.7 Å². The first-order valence-corrected chi connectivity index (χ1v) is 17.5. The van der Waals surface area contributed by atoms with Crippen molar-refractivity contribution in [3.63, 3.8) is 0 Å². The van der Waals surface area contributed by atoms with E-state index >= 15 is 8.78 Å². The molecule has 3 aromatic rings. The fourth-order valence-electron chi connectivity index (χ4n) is 7.04. The van der Waals surface area contributed by atoms with Crippen LogP contribution >= 0.6 is 0 Å². The van der Waals surface area contributed by atoms with Crippen LogP contribution in [-0.4, -0.2) is 59.0 Å². The van der Waals surface area contributed by atoms with Gasteiger partial charge in [-0.25, -0.2) is 27.2 Å². The predicted molar refractivity (Wildman–Crippen MR) is 164 cm³/mol. The van der Waals surface area contributed by atoms with Gasteiger partial charge in [0.25, 0.3) is 11.5 Å². The fraction of sp³-hybridized carbons (Fsp3) is 0.594. The van der Waals surface area contributed by atoms with Gasteiger partial charge in [-0.15, -0.1) is 0 Å². The summed E-state index contributed by atoms with van der Waals surface area (Å²) < 4.78 is 57.6. The Labute approximate surface area is 251 Å². The molecular formula is C32H41F2N5O3S. The van der Waals surface area contributed by atoms with Crippen LogP contribution in [0.1, 0.15) is 86.9 Å². The van der Waals surface area contributed by atoms with Crippen LogP contribution in [0.2, 0.25) is 0 Å². The molecule has 2 aromatic heterocycles. The lowest BCUT2D eigenvalue weighted by Crippen LogP contribution is -2.40. The van der Waals surface area contributed by atoms with Gasteiger partial charge in [-0.3, -0.25) is 9.36 Å². The number of hydrogen-bond acceptors (Lipinski definition) is 7. The van der Waals surface area contributed by atoms with Crippen molar-refractivity contribution in [2.24, 2.45) is 5.92 Å². The zero-order valence-electron chi connectivity index (χ0n) is 24.8. The molecule has 4 aliphatic heterocycles. The number of pyridine rings is 1. The van der Waals surface area contributed by atoms with E-state index < -0.39 is 21.7 Å². The summed E-state index contributed by atoms with van der Waals surface area (Å²) >= 11 is 0. The van der Waals surface area contributed by atoms with Crippen LogP contribution in [0, 0.1) is 5.92 Å². The Morgan fingerprint density at radius 1 is 0.930 bits per heavy atom.